The monoisotopic (exact) mass is 501 g/mol. The second kappa shape index (κ2) is 5.54. The molecule has 0 fully saturated rings. The predicted octanol–water partition coefficient (Wildman–Crippen LogP) is 4.26. The molecule has 3 aromatic rings. The maximum absolute atomic E-state index is 13.2. The maximum Gasteiger partial charge on any atom is 0.278 e. The molecule has 25 heavy (non-hydrogen) atoms. The summed E-state index contributed by atoms with van der Waals surface area (Å²) >= 11 is 6.43. The molecule has 1 heterocycles. The Bertz CT molecular complexity index is 1250. The first-order chi connectivity index (χ1) is 11.7. The van der Waals surface area contributed by atoms with Gasteiger partial charge in [-0.1, -0.05) is 40.2 Å². The van der Waals surface area contributed by atoms with Crippen molar-refractivity contribution in [2.75, 3.05) is 3.71 Å². The summed E-state index contributed by atoms with van der Waals surface area (Å²) in [4.78, 5) is -0.134. The zero-order valence-corrected chi connectivity index (χ0v) is 17.2. The first kappa shape index (κ1) is 17.0. The van der Waals surface area contributed by atoms with Crippen molar-refractivity contribution in [2.24, 2.45) is 0 Å². The molecule has 9 heteroatoms. The SMILES string of the molecule is O=S(=O)(c1cc(Br)ccc1Br)N1c2cccc3cccc(c23)S1(=O)=O. The Morgan fingerprint density at radius 1 is 0.920 bits per heavy atom. The van der Waals surface area contributed by atoms with Crippen molar-refractivity contribution in [1.29, 1.82) is 0 Å². The normalized spacial score (nSPS) is 15.7. The molecule has 0 saturated heterocycles. The molecule has 0 bridgehead atoms. The Kier molecular flexibility index (Phi) is 3.77. The molecule has 0 radical (unpaired) electrons. The molecule has 0 N–H and O–H groups in total. The molecule has 4 rings (SSSR count). The van der Waals surface area contributed by atoms with Gasteiger partial charge in [-0.3, -0.25) is 0 Å². The Balaban J connectivity index is 2.08. The molecule has 0 unspecified atom stereocenters. The minimum Gasteiger partial charge on any atom is -0.200 e. The smallest absolute Gasteiger partial charge is 0.200 e. The average Bonchev–Trinajstić information content (AvgIpc) is 2.80. The van der Waals surface area contributed by atoms with Crippen LogP contribution in [0.25, 0.3) is 10.8 Å². The molecular formula is C16H9Br2NO4S2. The Hall–Kier alpha value is -1.42. The third kappa shape index (κ3) is 2.37. The van der Waals surface area contributed by atoms with Crippen LogP contribution in [-0.2, 0) is 20.0 Å². The van der Waals surface area contributed by atoms with E-state index in [9.17, 15) is 16.8 Å². The number of anilines is 1. The highest BCUT2D eigenvalue weighted by Crippen LogP contribution is 2.45. The fourth-order valence-electron chi connectivity index (χ4n) is 2.90. The summed E-state index contributed by atoms with van der Waals surface area (Å²) in [6.07, 6.45) is 0. The molecule has 128 valence electrons. The van der Waals surface area contributed by atoms with E-state index >= 15 is 0 Å². The second-order valence-corrected chi connectivity index (χ2v) is 10.9. The number of halogens is 2. The Labute approximate surface area is 161 Å². The highest BCUT2D eigenvalue weighted by Gasteiger charge is 2.44. The number of rotatable bonds is 2. The van der Waals surface area contributed by atoms with E-state index in [-0.39, 0.29) is 20.0 Å². The zero-order valence-electron chi connectivity index (χ0n) is 12.3. The lowest BCUT2D eigenvalue weighted by atomic mass is 10.1. The van der Waals surface area contributed by atoms with Crippen LogP contribution in [0.3, 0.4) is 0 Å². The minimum absolute atomic E-state index is 0.00436. The molecule has 5 nitrogen and oxygen atoms in total. The van der Waals surface area contributed by atoms with Crippen LogP contribution in [0.1, 0.15) is 0 Å². The van der Waals surface area contributed by atoms with Crippen LogP contribution in [-0.4, -0.2) is 16.8 Å². The van der Waals surface area contributed by atoms with E-state index in [1.54, 1.807) is 36.4 Å². The van der Waals surface area contributed by atoms with E-state index in [0.29, 0.717) is 19.0 Å². The lowest BCUT2D eigenvalue weighted by molar-refractivity contribution is 0.586. The molecule has 1 aliphatic rings. The lowest BCUT2D eigenvalue weighted by Gasteiger charge is -2.19. The quantitative estimate of drug-likeness (QED) is 0.524. The van der Waals surface area contributed by atoms with Crippen molar-refractivity contribution < 1.29 is 16.8 Å². The molecule has 0 amide bonds. The summed E-state index contributed by atoms with van der Waals surface area (Å²) in [5.74, 6) is 0. The summed E-state index contributed by atoms with van der Waals surface area (Å²) in [6, 6.07) is 14.3. The first-order valence-corrected chi connectivity index (χ1v) is 11.5. The van der Waals surface area contributed by atoms with Gasteiger partial charge in [-0.25, -0.2) is 0 Å². The van der Waals surface area contributed by atoms with Crippen LogP contribution in [0.15, 0.2) is 73.3 Å². The van der Waals surface area contributed by atoms with Gasteiger partial charge in [0.1, 0.15) is 4.90 Å². The van der Waals surface area contributed by atoms with Gasteiger partial charge in [0.05, 0.1) is 10.6 Å². The van der Waals surface area contributed by atoms with E-state index in [1.165, 1.54) is 18.2 Å². The maximum atomic E-state index is 13.2. The Morgan fingerprint density at radius 3 is 2.32 bits per heavy atom. The van der Waals surface area contributed by atoms with Gasteiger partial charge in [0.25, 0.3) is 20.0 Å². The third-order valence-corrected chi connectivity index (χ3v) is 9.61. The second-order valence-electron chi connectivity index (χ2n) is 5.41. The molecule has 0 saturated carbocycles. The number of hydrogen-bond acceptors (Lipinski definition) is 4. The highest BCUT2D eigenvalue weighted by atomic mass is 79.9. The molecule has 0 spiro atoms. The molecule has 0 aliphatic carbocycles. The summed E-state index contributed by atoms with van der Waals surface area (Å²) in [7, 11) is -8.57. The van der Waals surface area contributed by atoms with Crippen molar-refractivity contribution in [2.45, 2.75) is 9.79 Å². The zero-order chi connectivity index (χ0) is 18.0. The van der Waals surface area contributed by atoms with Crippen molar-refractivity contribution >= 4 is 68.4 Å². The van der Waals surface area contributed by atoms with Crippen LogP contribution in [0.5, 0.6) is 0 Å². The molecule has 3 aromatic carbocycles. The van der Waals surface area contributed by atoms with Crippen LogP contribution in [0.2, 0.25) is 0 Å². The van der Waals surface area contributed by atoms with Gasteiger partial charge in [-0.2, -0.15) is 20.5 Å². The van der Waals surface area contributed by atoms with Crippen molar-refractivity contribution in [3.05, 3.63) is 63.5 Å². The van der Waals surface area contributed by atoms with Crippen molar-refractivity contribution in [3.63, 3.8) is 0 Å². The topological polar surface area (TPSA) is 71.5 Å². The summed E-state index contributed by atoms with van der Waals surface area (Å²) in [5.41, 5.74) is 0.139. The van der Waals surface area contributed by atoms with E-state index in [1.807, 2.05) is 0 Å². The summed E-state index contributed by atoms with van der Waals surface area (Å²) in [5, 5.41) is 1.09. The van der Waals surface area contributed by atoms with Gasteiger partial charge in [0.15, 0.2) is 0 Å². The van der Waals surface area contributed by atoms with Gasteiger partial charge < -0.3 is 0 Å². The number of nitrogens with zero attached hydrogens (tertiary/aromatic N) is 1. The largest absolute Gasteiger partial charge is 0.278 e. The van der Waals surface area contributed by atoms with Crippen molar-refractivity contribution in [3.8, 4) is 0 Å². The highest BCUT2D eigenvalue weighted by molar-refractivity contribution is 9.11. The van der Waals surface area contributed by atoms with E-state index in [4.69, 9.17) is 0 Å². The van der Waals surface area contributed by atoms with E-state index < -0.39 is 20.0 Å². The van der Waals surface area contributed by atoms with Gasteiger partial charge >= 0.3 is 0 Å². The fourth-order valence-corrected chi connectivity index (χ4v) is 8.29. The van der Waals surface area contributed by atoms with Gasteiger partial charge in [0.2, 0.25) is 0 Å². The molecule has 1 aliphatic heterocycles. The van der Waals surface area contributed by atoms with Crippen LogP contribution in [0, 0.1) is 0 Å². The average molecular weight is 503 g/mol. The summed E-state index contributed by atoms with van der Waals surface area (Å²) < 4.78 is 53.8. The Morgan fingerprint density at radius 2 is 1.60 bits per heavy atom. The lowest BCUT2D eigenvalue weighted by Crippen LogP contribution is -2.34. The molecule has 0 atom stereocenters. The van der Waals surface area contributed by atoms with Gasteiger partial charge in [0, 0.05) is 14.3 Å². The summed E-state index contributed by atoms with van der Waals surface area (Å²) in [6.45, 7) is 0. The predicted molar refractivity (Wildman–Crippen MR) is 103 cm³/mol. The van der Waals surface area contributed by atoms with Crippen LogP contribution in [0.4, 0.5) is 5.69 Å². The first-order valence-electron chi connectivity index (χ1n) is 7.02. The molecular weight excluding hydrogens is 494 g/mol. The van der Waals surface area contributed by atoms with E-state index in [0.717, 1.165) is 0 Å². The van der Waals surface area contributed by atoms with Crippen LogP contribution < -0.4 is 3.71 Å². The van der Waals surface area contributed by atoms with Crippen molar-refractivity contribution in [1.82, 2.24) is 0 Å². The number of sulfonamides is 2. The van der Waals surface area contributed by atoms with E-state index in [2.05, 4.69) is 31.9 Å². The number of benzene rings is 3. The third-order valence-electron chi connectivity index (χ3n) is 3.93. The minimum atomic E-state index is -4.35. The molecule has 0 aromatic heterocycles. The number of hydrogen-bond donors (Lipinski definition) is 0. The fraction of sp³-hybridized carbons (Fsp3) is 0. The van der Waals surface area contributed by atoms with Crippen LogP contribution >= 0.6 is 31.9 Å². The van der Waals surface area contributed by atoms with Gasteiger partial charge in [-0.15, -0.1) is 0 Å². The van der Waals surface area contributed by atoms with Gasteiger partial charge in [-0.05, 0) is 51.6 Å². The standard InChI is InChI=1S/C16H9Br2NO4S2/c17-11-7-8-12(18)15(9-11)25(22,23)19-13-5-1-3-10-4-2-6-14(16(10)13)24(19,20)21/h1-9H.